The fourth-order valence-electron chi connectivity index (χ4n) is 3.82. The van der Waals surface area contributed by atoms with Crippen LogP contribution in [0.2, 0.25) is 0 Å². The van der Waals surface area contributed by atoms with Crippen molar-refractivity contribution in [1.29, 1.82) is 0 Å². The fraction of sp³-hybridized carbons (Fsp3) is 0.214. The first kappa shape index (κ1) is 23.1. The Morgan fingerprint density at radius 1 is 0.824 bits per heavy atom. The van der Waals surface area contributed by atoms with E-state index < -0.39 is 5.91 Å². The molecule has 1 heterocycles. The van der Waals surface area contributed by atoms with Crippen molar-refractivity contribution in [2.45, 2.75) is 33.3 Å². The van der Waals surface area contributed by atoms with Gasteiger partial charge < -0.3 is 14.8 Å². The molecule has 2 amide bonds. The first-order valence-corrected chi connectivity index (χ1v) is 11.3. The third-order valence-corrected chi connectivity index (χ3v) is 5.56. The number of nitrogens with zero attached hydrogens (tertiary/aromatic N) is 1. The summed E-state index contributed by atoms with van der Waals surface area (Å²) >= 11 is 0. The monoisotopic (exact) mass is 456 g/mol. The minimum absolute atomic E-state index is 0.0601. The highest BCUT2D eigenvalue weighted by atomic mass is 16.5. The largest absolute Gasteiger partial charge is 0.497 e. The molecule has 0 spiro atoms. The highest BCUT2D eigenvalue weighted by molar-refractivity contribution is 6.46. The molecule has 0 atom stereocenters. The molecule has 1 aliphatic rings. The molecule has 0 bridgehead atoms. The third-order valence-electron chi connectivity index (χ3n) is 5.56. The standard InChI is InChI=1S/C28H28N2O4/c1-5-19-6-12-22(13-7-19)30-27(31)25(20-8-14-23(33-4)15-9-20)26(28(30)32)29-21-10-16-24(17-11-21)34-18(2)3/h6-18,29H,5H2,1-4H3. The van der Waals surface area contributed by atoms with E-state index in [1.165, 1.54) is 4.90 Å². The van der Waals surface area contributed by atoms with E-state index in [0.717, 1.165) is 17.7 Å². The minimum atomic E-state index is -0.400. The van der Waals surface area contributed by atoms with Crippen molar-refractivity contribution in [3.05, 3.63) is 89.6 Å². The van der Waals surface area contributed by atoms with Gasteiger partial charge in [-0.1, -0.05) is 31.2 Å². The molecule has 0 saturated heterocycles. The summed E-state index contributed by atoms with van der Waals surface area (Å²) in [6.45, 7) is 5.98. The molecule has 3 aromatic carbocycles. The van der Waals surface area contributed by atoms with E-state index in [-0.39, 0.29) is 17.7 Å². The van der Waals surface area contributed by atoms with E-state index >= 15 is 0 Å². The number of hydrogen-bond acceptors (Lipinski definition) is 5. The van der Waals surface area contributed by atoms with Gasteiger partial charge in [0.2, 0.25) is 0 Å². The Balaban J connectivity index is 1.72. The molecule has 0 unspecified atom stereocenters. The summed E-state index contributed by atoms with van der Waals surface area (Å²) in [5, 5.41) is 3.18. The lowest BCUT2D eigenvalue weighted by atomic mass is 10.0. The average molecular weight is 457 g/mol. The lowest BCUT2D eigenvalue weighted by Crippen LogP contribution is -2.32. The zero-order chi connectivity index (χ0) is 24.2. The summed E-state index contributed by atoms with van der Waals surface area (Å²) in [5.41, 5.74) is 3.53. The maximum atomic E-state index is 13.6. The Morgan fingerprint density at radius 2 is 1.44 bits per heavy atom. The maximum Gasteiger partial charge on any atom is 0.282 e. The second-order valence-corrected chi connectivity index (χ2v) is 8.26. The van der Waals surface area contributed by atoms with Crippen molar-refractivity contribution < 1.29 is 19.1 Å². The topological polar surface area (TPSA) is 67.9 Å². The molecule has 6 nitrogen and oxygen atoms in total. The normalized spacial score (nSPS) is 13.6. The SMILES string of the molecule is CCc1ccc(N2C(=O)C(Nc3ccc(OC(C)C)cc3)=C(c3ccc(OC)cc3)C2=O)cc1. The van der Waals surface area contributed by atoms with Crippen LogP contribution in [0.5, 0.6) is 11.5 Å². The van der Waals surface area contributed by atoms with E-state index in [4.69, 9.17) is 9.47 Å². The number of carbonyl (C=O) groups excluding carboxylic acids is 2. The van der Waals surface area contributed by atoms with Crippen LogP contribution >= 0.6 is 0 Å². The zero-order valence-electron chi connectivity index (χ0n) is 19.8. The molecule has 174 valence electrons. The maximum absolute atomic E-state index is 13.6. The summed E-state index contributed by atoms with van der Waals surface area (Å²) in [6, 6.07) is 21.9. The Bertz CT molecular complexity index is 1210. The van der Waals surface area contributed by atoms with Crippen LogP contribution in [0.1, 0.15) is 31.9 Å². The van der Waals surface area contributed by atoms with Gasteiger partial charge in [-0.25, -0.2) is 4.90 Å². The first-order valence-electron chi connectivity index (χ1n) is 11.3. The number of ether oxygens (including phenoxy) is 2. The third kappa shape index (κ3) is 4.66. The van der Waals surface area contributed by atoms with Crippen molar-refractivity contribution in [3.63, 3.8) is 0 Å². The molecule has 0 aromatic heterocycles. The predicted octanol–water partition coefficient (Wildman–Crippen LogP) is 5.44. The van der Waals surface area contributed by atoms with Gasteiger partial charge in [-0.05, 0) is 79.9 Å². The number of methoxy groups -OCH3 is 1. The number of carbonyl (C=O) groups is 2. The van der Waals surface area contributed by atoms with Gasteiger partial charge in [0.1, 0.15) is 17.2 Å². The number of imide groups is 1. The van der Waals surface area contributed by atoms with Crippen LogP contribution in [0.4, 0.5) is 11.4 Å². The smallest absolute Gasteiger partial charge is 0.282 e. The van der Waals surface area contributed by atoms with Crippen molar-refractivity contribution in [1.82, 2.24) is 0 Å². The molecule has 3 aromatic rings. The number of nitrogens with one attached hydrogen (secondary N) is 1. The lowest BCUT2D eigenvalue weighted by Gasteiger charge is -2.16. The van der Waals surface area contributed by atoms with Crippen molar-refractivity contribution in [3.8, 4) is 11.5 Å². The number of benzene rings is 3. The van der Waals surface area contributed by atoms with Gasteiger partial charge in [0, 0.05) is 5.69 Å². The summed E-state index contributed by atoms with van der Waals surface area (Å²) in [5.74, 6) is 0.629. The quantitative estimate of drug-likeness (QED) is 0.457. The number of rotatable bonds is 8. The Morgan fingerprint density at radius 3 is 2.00 bits per heavy atom. The Kier molecular flexibility index (Phi) is 6.68. The van der Waals surface area contributed by atoms with Gasteiger partial charge in [-0.2, -0.15) is 0 Å². The van der Waals surface area contributed by atoms with Crippen LogP contribution in [0.15, 0.2) is 78.5 Å². The van der Waals surface area contributed by atoms with Crippen molar-refractivity contribution in [2.24, 2.45) is 0 Å². The molecule has 0 fully saturated rings. The van der Waals surface area contributed by atoms with Crippen molar-refractivity contribution in [2.75, 3.05) is 17.3 Å². The fourth-order valence-corrected chi connectivity index (χ4v) is 3.82. The summed E-state index contributed by atoms with van der Waals surface area (Å²) < 4.78 is 10.9. The molecule has 1 N–H and O–H groups in total. The zero-order valence-corrected chi connectivity index (χ0v) is 19.8. The summed E-state index contributed by atoms with van der Waals surface area (Å²) in [6.07, 6.45) is 0.936. The van der Waals surface area contributed by atoms with Crippen LogP contribution in [0.3, 0.4) is 0 Å². The first-order chi connectivity index (χ1) is 16.4. The summed E-state index contributed by atoms with van der Waals surface area (Å²) in [4.78, 5) is 28.3. The predicted molar refractivity (Wildman–Crippen MR) is 134 cm³/mol. The molecule has 34 heavy (non-hydrogen) atoms. The summed E-state index contributed by atoms with van der Waals surface area (Å²) in [7, 11) is 1.58. The Labute approximate surface area is 199 Å². The van der Waals surface area contributed by atoms with Crippen LogP contribution in [-0.4, -0.2) is 25.0 Å². The second kappa shape index (κ2) is 9.83. The van der Waals surface area contributed by atoms with E-state index in [1.807, 2.05) is 50.2 Å². The van der Waals surface area contributed by atoms with Crippen molar-refractivity contribution >= 4 is 28.8 Å². The van der Waals surface area contributed by atoms with Gasteiger partial charge in [-0.15, -0.1) is 0 Å². The van der Waals surface area contributed by atoms with Crippen LogP contribution < -0.4 is 19.7 Å². The molecule has 0 saturated carbocycles. The van der Waals surface area contributed by atoms with Crippen LogP contribution in [0.25, 0.3) is 5.57 Å². The van der Waals surface area contributed by atoms with E-state index in [0.29, 0.717) is 28.3 Å². The number of anilines is 2. The molecule has 0 aliphatic carbocycles. The van der Waals surface area contributed by atoms with Crippen LogP contribution in [0, 0.1) is 0 Å². The highest BCUT2D eigenvalue weighted by Crippen LogP contribution is 2.34. The van der Waals surface area contributed by atoms with Gasteiger partial charge >= 0.3 is 0 Å². The minimum Gasteiger partial charge on any atom is -0.497 e. The molecule has 6 heteroatoms. The van der Waals surface area contributed by atoms with Gasteiger partial charge in [0.05, 0.1) is 24.5 Å². The molecular formula is C28H28N2O4. The lowest BCUT2D eigenvalue weighted by molar-refractivity contribution is -0.120. The molecule has 4 rings (SSSR count). The number of aryl methyl sites for hydroxylation is 1. The highest BCUT2D eigenvalue weighted by Gasteiger charge is 2.40. The molecular weight excluding hydrogens is 428 g/mol. The van der Waals surface area contributed by atoms with Gasteiger partial charge in [0.15, 0.2) is 0 Å². The van der Waals surface area contributed by atoms with E-state index in [1.54, 1.807) is 43.5 Å². The number of hydrogen-bond donors (Lipinski definition) is 1. The van der Waals surface area contributed by atoms with Gasteiger partial charge in [0.25, 0.3) is 11.8 Å². The van der Waals surface area contributed by atoms with Crippen LogP contribution in [-0.2, 0) is 16.0 Å². The second-order valence-electron chi connectivity index (χ2n) is 8.26. The Hall–Kier alpha value is -4.06. The number of amides is 2. The molecule has 1 aliphatic heterocycles. The van der Waals surface area contributed by atoms with E-state index in [2.05, 4.69) is 12.2 Å². The molecule has 0 radical (unpaired) electrons. The van der Waals surface area contributed by atoms with E-state index in [9.17, 15) is 9.59 Å². The average Bonchev–Trinajstić information content (AvgIpc) is 3.09. The van der Waals surface area contributed by atoms with Gasteiger partial charge in [-0.3, -0.25) is 9.59 Å².